The van der Waals surface area contributed by atoms with Gasteiger partial charge in [0, 0.05) is 11.8 Å². The van der Waals surface area contributed by atoms with E-state index in [9.17, 15) is 5.11 Å². The Labute approximate surface area is 120 Å². The molecule has 0 aliphatic heterocycles. The van der Waals surface area contributed by atoms with Crippen LogP contribution in [0.3, 0.4) is 0 Å². The van der Waals surface area contributed by atoms with Gasteiger partial charge in [-0.15, -0.1) is 0 Å². The summed E-state index contributed by atoms with van der Waals surface area (Å²) in [5.74, 6) is 1.19. The minimum Gasteiger partial charge on any atom is -0.439 e. The van der Waals surface area contributed by atoms with Crippen molar-refractivity contribution >= 4 is 0 Å². The minimum absolute atomic E-state index is 0.0661. The molecule has 3 nitrogen and oxygen atoms in total. The number of aliphatic hydroxyl groups excluding tert-OH is 1. The van der Waals surface area contributed by atoms with Crippen molar-refractivity contribution in [3.63, 3.8) is 0 Å². The molecule has 0 spiro atoms. The Morgan fingerprint density at radius 1 is 1.15 bits per heavy atom. The van der Waals surface area contributed by atoms with Crippen molar-refractivity contribution in [2.24, 2.45) is 0 Å². The fraction of sp³-hybridized carbons (Fsp3) is 0.353. The van der Waals surface area contributed by atoms with Crippen LogP contribution in [0.4, 0.5) is 0 Å². The summed E-state index contributed by atoms with van der Waals surface area (Å²) in [4.78, 5) is 4.20. The largest absolute Gasteiger partial charge is 0.439 e. The Kier molecular flexibility index (Phi) is 4.09. The molecular formula is C17H21NO2. The number of ether oxygens (including phenoxy) is 1. The van der Waals surface area contributed by atoms with Gasteiger partial charge in [0.25, 0.3) is 0 Å². The van der Waals surface area contributed by atoms with Gasteiger partial charge in [0.1, 0.15) is 5.75 Å². The highest BCUT2D eigenvalue weighted by atomic mass is 16.5. The van der Waals surface area contributed by atoms with Gasteiger partial charge in [-0.1, -0.05) is 32.9 Å². The molecule has 3 heteroatoms. The van der Waals surface area contributed by atoms with E-state index in [1.165, 1.54) is 5.56 Å². The number of hydrogen-bond donors (Lipinski definition) is 1. The monoisotopic (exact) mass is 271 g/mol. The van der Waals surface area contributed by atoms with Crippen molar-refractivity contribution in [3.05, 3.63) is 53.7 Å². The van der Waals surface area contributed by atoms with Crippen molar-refractivity contribution < 1.29 is 9.84 Å². The molecule has 0 fully saturated rings. The van der Waals surface area contributed by atoms with Gasteiger partial charge in [-0.05, 0) is 42.2 Å². The number of pyridine rings is 1. The maximum Gasteiger partial charge on any atom is 0.225 e. The van der Waals surface area contributed by atoms with E-state index in [1.54, 1.807) is 19.2 Å². The Bertz CT molecular complexity index is 586. The van der Waals surface area contributed by atoms with Gasteiger partial charge in [-0.2, -0.15) is 0 Å². The first-order valence-corrected chi connectivity index (χ1v) is 6.79. The van der Waals surface area contributed by atoms with Crippen LogP contribution in [-0.4, -0.2) is 10.1 Å². The molecular weight excluding hydrogens is 250 g/mol. The lowest BCUT2D eigenvalue weighted by Crippen LogP contribution is -2.10. The zero-order valence-electron chi connectivity index (χ0n) is 12.4. The third-order valence-corrected chi connectivity index (χ3v) is 3.17. The maximum atomic E-state index is 9.75. The highest BCUT2D eigenvalue weighted by Crippen LogP contribution is 2.30. The molecule has 0 saturated carbocycles. The van der Waals surface area contributed by atoms with Gasteiger partial charge in [0.05, 0.1) is 6.10 Å². The summed E-state index contributed by atoms with van der Waals surface area (Å²) in [6.45, 7) is 8.19. The number of hydrogen-bond acceptors (Lipinski definition) is 3. The van der Waals surface area contributed by atoms with Gasteiger partial charge in [-0.25, -0.2) is 4.98 Å². The lowest BCUT2D eigenvalue weighted by atomic mass is 9.87. The van der Waals surface area contributed by atoms with Crippen molar-refractivity contribution in [3.8, 4) is 11.6 Å². The third kappa shape index (κ3) is 3.36. The molecule has 0 bridgehead atoms. The first-order valence-electron chi connectivity index (χ1n) is 6.79. The lowest BCUT2D eigenvalue weighted by Gasteiger charge is -2.20. The molecule has 1 heterocycles. The van der Waals surface area contributed by atoms with E-state index in [1.807, 2.05) is 24.3 Å². The van der Waals surface area contributed by atoms with Crippen LogP contribution in [0, 0.1) is 0 Å². The van der Waals surface area contributed by atoms with Gasteiger partial charge in [0.2, 0.25) is 5.88 Å². The van der Waals surface area contributed by atoms with Gasteiger partial charge in [-0.3, -0.25) is 0 Å². The topological polar surface area (TPSA) is 42.4 Å². The van der Waals surface area contributed by atoms with E-state index in [0.717, 1.165) is 5.75 Å². The summed E-state index contributed by atoms with van der Waals surface area (Å²) in [5, 5.41) is 9.75. The highest BCUT2D eigenvalue weighted by Gasteiger charge is 2.15. The molecule has 1 aromatic heterocycles. The van der Waals surface area contributed by atoms with E-state index in [2.05, 4.69) is 31.8 Å². The van der Waals surface area contributed by atoms with Crippen molar-refractivity contribution in [1.29, 1.82) is 0 Å². The molecule has 0 radical (unpaired) electrons. The predicted octanol–water partition coefficient (Wildman–Crippen LogP) is 4.22. The number of rotatable bonds is 3. The number of benzene rings is 1. The zero-order valence-corrected chi connectivity index (χ0v) is 12.4. The molecule has 0 amide bonds. The van der Waals surface area contributed by atoms with Gasteiger partial charge >= 0.3 is 0 Å². The first kappa shape index (κ1) is 14.5. The van der Waals surface area contributed by atoms with Crippen LogP contribution in [0.25, 0.3) is 0 Å². The zero-order chi connectivity index (χ0) is 14.8. The lowest BCUT2D eigenvalue weighted by molar-refractivity contribution is 0.194. The molecule has 0 unspecified atom stereocenters. The second-order valence-electron chi connectivity index (χ2n) is 5.95. The Balaban J connectivity index is 2.31. The molecule has 1 atom stereocenters. The van der Waals surface area contributed by atoms with Crippen LogP contribution in [0.1, 0.15) is 44.9 Å². The normalized spacial score (nSPS) is 13.1. The number of aromatic nitrogens is 1. The van der Waals surface area contributed by atoms with Gasteiger partial charge < -0.3 is 9.84 Å². The maximum absolute atomic E-state index is 9.75. The molecule has 2 rings (SSSR count). The number of aliphatic hydroxyl groups is 1. The first-order chi connectivity index (χ1) is 9.38. The van der Waals surface area contributed by atoms with E-state index in [0.29, 0.717) is 11.4 Å². The van der Waals surface area contributed by atoms with Crippen LogP contribution in [-0.2, 0) is 5.41 Å². The van der Waals surface area contributed by atoms with Crippen molar-refractivity contribution in [1.82, 2.24) is 4.98 Å². The summed E-state index contributed by atoms with van der Waals surface area (Å²) in [7, 11) is 0. The molecule has 0 saturated heterocycles. The second kappa shape index (κ2) is 5.63. The molecule has 106 valence electrons. The Morgan fingerprint density at radius 2 is 1.90 bits per heavy atom. The van der Waals surface area contributed by atoms with E-state index < -0.39 is 6.10 Å². The molecule has 0 aliphatic carbocycles. The molecule has 0 aliphatic rings. The van der Waals surface area contributed by atoms with E-state index >= 15 is 0 Å². The molecule has 1 aromatic carbocycles. The summed E-state index contributed by atoms with van der Waals surface area (Å²) in [6, 6.07) is 11.6. The predicted molar refractivity (Wildman–Crippen MR) is 80.1 cm³/mol. The average molecular weight is 271 g/mol. The van der Waals surface area contributed by atoms with Crippen LogP contribution in [0.5, 0.6) is 11.6 Å². The average Bonchev–Trinajstić information content (AvgIpc) is 2.38. The minimum atomic E-state index is -0.607. The fourth-order valence-corrected chi connectivity index (χ4v) is 1.94. The van der Waals surface area contributed by atoms with Crippen LogP contribution in [0.2, 0.25) is 0 Å². The van der Waals surface area contributed by atoms with Crippen LogP contribution >= 0.6 is 0 Å². The van der Waals surface area contributed by atoms with Crippen LogP contribution in [0.15, 0.2) is 42.6 Å². The summed E-state index contributed by atoms with van der Waals surface area (Å²) in [6.07, 6.45) is 1.05. The highest BCUT2D eigenvalue weighted by molar-refractivity contribution is 5.37. The second-order valence-corrected chi connectivity index (χ2v) is 5.95. The summed E-state index contributed by atoms with van der Waals surface area (Å²) >= 11 is 0. The Hall–Kier alpha value is -1.87. The smallest absolute Gasteiger partial charge is 0.225 e. The Morgan fingerprint density at radius 3 is 2.55 bits per heavy atom. The van der Waals surface area contributed by atoms with Gasteiger partial charge in [0.15, 0.2) is 0 Å². The summed E-state index contributed by atoms with van der Waals surface area (Å²) in [5.41, 5.74) is 1.95. The van der Waals surface area contributed by atoms with Crippen molar-refractivity contribution in [2.45, 2.75) is 39.2 Å². The molecule has 20 heavy (non-hydrogen) atoms. The number of nitrogens with zero attached hydrogens (tertiary/aromatic N) is 1. The van der Waals surface area contributed by atoms with E-state index in [4.69, 9.17) is 4.74 Å². The standard InChI is InChI=1S/C17H21NO2/c1-12(19)15-9-6-10-18-16(15)20-14-8-5-7-13(11-14)17(2,3)4/h5-12,19H,1-4H3/t12-/m1/s1. The quantitative estimate of drug-likeness (QED) is 0.908. The third-order valence-electron chi connectivity index (χ3n) is 3.17. The molecule has 2 aromatic rings. The molecule has 1 N–H and O–H groups in total. The van der Waals surface area contributed by atoms with Crippen LogP contribution < -0.4 is 4.74 Å². The van der Waals surface area contributed by atoms with Crippen molar-refractivity contribution in [2.75, 3.05) is 0 Å². The SMILES string of the molecule is C[C@@H](O)c1cccnc1Oc1cccc(C(C)(C)C)c1. The van der Waals surface area contributed by atoms with E-state index in [-0.39, 0.29) is 5.41 Å². The fourth-order valence-electron chi connectivity index (χ4n) is 1.94. The summed E-state index contributed by atoms with van der Waals surface area (Å²) < 4.78 is 5.84.